The van der Waals surface area contributed by atoms with Crippen molar-refractivity contribution in [1.82, 2.24) is 24.9 Å². The van der Waals surface area contributed by atoms with E-state index in [2.05, 4.69) is 10.4 Å². The molecule has 3 aliphatic heterocycles. The van der Waals surface area contributed by atoms with Crippen LogP contribution in [0.4, 0.5) is 5.69 Å². The van der Waals surface area contributed by atoms with Crippen LogP contribution in [0.2, 0.25) is 0 Å². The molecular weight excluding hydrogens is 440 g/mol. The fourth-order valence-electron chi connectivity index (χ4n) is 4.72. The van der Waals surface area contributed by atoms with Crippen molar-refractivity contribution in [1.29, 1.82) is 0 Å². The molecular formula is C23H24N6O5. The summed E-state index contributed by atoms with van der Waals surface area (Å²) in [6.45, 7) is 4.49. The van der Waals surface area contributed by atoms with Crippen LogP contribution in [0.3, 0.4) is 0 Å². The molecule has 2 fully saturated rings. The number of hydrogen-bond acceptors (Lipinski definition) is 7. The summed E-state index contributed by atoms with van der Waals surface area (Å²) in [6, 6.07) is 5.77. The molecule has 34 heavy (non-hydrogen) atoms. The Morgan fingerprint density at radius 2 is 1.82 bits per heavy atom. The maximum absolute atomic E-state index is 13.3. The second kappa shape index (κ2) is 8.40. The Labute approximate surface area is 195 Å². The molecule has 176 valence electrons. The van der Waals surface area contributed by atoms with Gasteiger partial charge in [0, 0.05) is 45.3 Å². The number of hydrogen-bond donors (Lipinski definition) is 1. The van der Waals surface area contributed by atoms with Gasteiger partial charge in [-0.05, 0) is 31.5 Å². The van der Waals surface area contributed by atoms with E-state index < -0.39 is 29.7 Å². The molecule has 1 aromatic heterocycles. The largest absolute Gasteiger partial charge is 0.367 e. The summed E-state index contributed by atoms with van der Waals surface area (Å²) >= 11 is 0. The minimum Gasteiger partial charge on any atom is -0.367 e. The van der Waals surface area contributed by atoms with Gasteiger partial charge in [-0.1, -0.05) is 6.07 Å². The lowest BCUT2D eigenvalue weighted by molar-refractivity contribution is -0.136. The molecule has 1 atom stereocenters. The molecule has 0 spiro atoms. The minimum absolute atomic E-state index is 0.0726. The van der Waals surface area contributed by atoms with E-state index >= 15 is 0 Å². The van der Waals surface area contributed by atoms with E-state index in [0.717, 1.165) is 4.90 Å². The van der Waals surface area contributed by atoms with Crippen LogP contribution in [-0.2, 0) is 16.1 Å². The number of nitrogens with zero attached hydrogens (tertiary/aromatic N) is 5. The van der Waals surface area contributed by atoms with E-state index in [0.29, 0.717) is 44.1 Å². The average molecular weight is 464 g/mol. The first-order chi connectivity index (χ1) is 16.4. The van der Waals surface area contributed by atoms with Crippen molar-refractivity contribution in [3.63, 3.8) is 0 Å². The van der Waals surface area contributed by atoms with Gasteiger partial charge in [0.15, 0.2) is 0 Å². The standard InChI is InChI=1S/C23H24N6O5/c1-2-28-9-8-15(25-28)22(33)27-12-10-26(11-13-27)16-5-3-4-14-19(16)23(34)29(21(14)32)17-6-7-18(30)24-20(17)31/h3-5,8-9,17H,2,6-7,10-13H2,1H3,(H,24,30,31). The number of amides is 5. The van der Waals surface area contributed by atoms with Crippen molar-refractivity contribution in [2.75, 3.05) is 31.1 Å². The van der Waals surface area contributed by atoms with Crippen LogP contribution in [0.1, 0.15) is 51.0 Å². The van der Waals surface area contributed by atoms with Gasteiger partial charge < -0.3 is 9.80 Å². The number of aryl methyl sites for hydroxylation is 1. The molecule has 1 aromatic carbocycles. The van der Waals surface area contributed by atoms with E-state index in [1.165, 1.54) is 0 Å². The maximum atomic E-state index is 13.3. The van der Waals surface area contributed by atoms with Gasteiger partial charge in [0.1, 0.15) is 11.7 Å². The van der Waals surface area contributed by atoms with E-state index in [1.54, 1.807) is 40.0 Å². The van der Waals surface area contributed by atoms with Crippen molar-refractivity contribution >= 4 is 35.2 Å². The zero-order valence-corrected chi connectivity index (χ0v) is 18.7. The van der Waals surface area contributed by atoms with E-state index in [1.807, 2.05) is 11.8 Å². The van der Waals surface area contributed by atoms with Crippen molar-refractivity contribution in [3.8, 4) is 0 Å². The van der Waals surface area contributed by atoms with Crippen LogP contribution < -0.4 is 10.2 Å². The van der Waals surface area contributed by atoms with E-state index in [9.17, 15) is 24.0 Å². The zero-order chi connectivity index (χ0) is 24.0. The molecule has 5 rings (SSSR count). The van der Waals surface area contributed by atoms with Gasteiger partial charge in [-0.3, -0.25) is 38.9 Å². The van der Waals surface area contributed by atoms with Crippen molar-refractivity contribution in [2.24, 2.45) is 0 Å². The highest BCUT2D eigenvalue weighted by Crippen LogP contribution is 2.34. The van der Waals surface area contributed by atoms with Gasteiger partial charge in [-0.15, -0.1) is 0 Å². The van der Waals surface area contributed by atoms with Crippen molar-refractivity contribution < 1.29 is 24.0 Å². The second-order valence-corrected chi connectivity index (χ2v) is 8.48. The van der Waals surface area contributed by atoms with Crippen LogP contribution >= 0.6 is 0 Å². The molecule has 5 amide bonds. The zero-order valence-electron chi connectivity index (χ0n) is 18.7. The summed E-state index contributed by atoms with van der Waals surface area (Å²) in [6.07, 6.45) is 1.96. The van der Waals surface area contributed by atoms with Crippen molar-refractivity contribution in [3.05, 3.63) is 47.3 Å². The number of anilines is 1. The number of nitrogens with one attached hydrogen (secondary N) is 1. The maximum Gasteiger partial charge on any atom is 0.274 e. The summed E-state index contributed by atoms with van der Waals surface area (Å²) < 4.78 is 1.70. The first-order valence-corrected chi connectivity index (χ1v) is 11.3. The fraction of sp³-hybridized carbons (Fsp3) is 0.391. The number of carbonyl (C=O) groups is 5. The molecule has 4 heterocycles. The highest BCUT2D eigenvalue weighted by molar-refractivity contribution is 6.25. The molecule has 2 saturated heterocycles. The number of imide groups is 2. The molecule has 2 aromatic rings. The predicted octanol–water partition coefficient (Wildman–Crippen LogP) is 0.267. The third kappa shape index (κ3) is 3.53. The summed E-state index contributed by atoms with van der Waals surface area (Å²) in [5.41, 5.74) is 1.51. The van der Waals surface area contributed by atoms with Gasteiger partial charge in [0.2, 0.25) is 11.8 Å². The Morgan fingerprint density at radius 1 is 1.06 bits per heavy atom. The molecule has 0 radical (unpaired) electrons. The van der Waals surface area contributed by atoms with Gasteiger partial charge in [0.25, 0.3) is 17.7 Å². The molecule has 1 unspecified atom stereocenters. The third-order valence-electron chi connectivity index (χ3n) is 6.54. The molecule has 11 nitrogen and oxygen atoms in total. The van der Waals surface area contributed by atoms with Crippen LogP contribution in [0, 0.1) is 0 Å². The quantitative estimate of drug-likeness (QED) is 0.644. The van der Waals surface area contributed by atoms with Crippen LogP contribution in [0.25, 0.3) is 0 Å². The van der Waals surface area contributed by atoms with E-state index in [-0.39, 0.29) is 29.9 Å². The Kier molecular flexibility index (Phi) is 5.39. The first kappa shape index (κ1) is 21.8. The molecule has 0 saturated carbocycles. The average Bonchev–Trinajstić information content (AvgIpc) is 3.42. The topological polar surface area (TPSA) is 125 Å². The normalized spacial score (nSPS) is 20.6. The van der Waals surface area contributed by atoms with Gasteiger partial charge in [-0.2, -0.15) is 5.10 Å². The number of aromatic nitrogens is 2. The number of piperidine rings is 1. The number of rotatable bonds is 4. The number of carbonyl (C=O) groups excluding carboxylic acids is 5. The highest BCUT2D eigenvalue weighted by Gasteiger charge is 2.46. The number of piperazine rings is 1. The molecule has 1 N–H and O–H groups in total. The minimum atomic E-state index is -1.00. The van der Waals surface area contributed by atoms with E-state index in [4.69, 9.17) is 0 Å². The predicted molar refractivity (Wildman–Crippen MR) is 119 cm³/mol. The molecule has 0 aliphatic carbocycles. The Balaban J connectivity index is 1.33. The Morgan fingerprint density at radius 3 is 2.50 bits per heavy atom. The Hall–Kier alpha value is -4.02. The third-order valence-corrected chi connectivity index (χ3v) is 6.54. The molecule has 3 aliphatic rings. The summed E-state index contributed by atoms with van der Waals surface area (Å²) in [5, 5.41) is 6.49. The SMILES string of the molecule is CCn1ccc(C(=O)N2CCN(c3cccc4c3C(=O)N(C3CCC(=O)NC3=O)C4=O)CC2)n1. The monoisotopic (exact) mass is 464 g/mol. The second-order valence-electron chi connectivity index (χ2n) is 8.48. The van der Waals surface area contributed by atoms with Gasteiger partial charge in [0.05, 0.1) is 16.8 Å². The van der Waals surface area contributed by atoms with Crippen LogP contribution in [0.15, 0.2) is 30.5 Å². The van der Waals surface area contributed by atoms with Gasteiger partial charge in [-0.25, -0.2) is 0 Å². The van der Waals surface area contributed by atoms with Crippen LogP contribution in [-0.4, -0.2) is 81.3 Å². The fourth-order valence-corrected chi connectivity index (χ4v) is 4.72. The lowest BCUT2D eigenvalue weighted by Gasteiger charge is -2.36. The smallest absolute Gasteiger partial charge is 0.274 e. The molecule has 0 bridgehead atoms. The summed E-state index contributed by atoms with van der Waals surface area (Å²) in [4.78, 5) is 67.7. The number of benzene rings is 1. The van der Waals surface area contributed by atoms with Crippen molar-refractivity contribution in [2.45, 2.75) is 32.4 Å². The summed E-state index contributed by atoms with van der Waals surface area (Å²) in [7, 11) is 0. The lowest BCUT2D eigenvalue weighted by Crippen LogP contribution is -2.54. The van der Waals surface area contributed by atoms with Crippen LogP contribution in [0.5, 0.6) is 0 Å². The molecule has 11 heteroatoms. The summed E-state index contributed by atoms with van der Waals surface area (Å²) in [5.74, 6) is -2.25. The first-order valence-electron chi connectivity index (χ1n) is 11.3. The highest BCUT2D eigenvalue weighted by atomic mass is 16.2. The number of fused-ring (bicyclic) bond motifs is 1. The Bertz CT molecular complexity index is 1210. The van der Waals surface area contributed by atoms with Gasteiger partial charge >= 0.3 is 0 Å². The lowest BCUT2D eigenvalue weighted by atomic mass is 10.0.